The second kappa shape index (κ2) is 6.54. The average molecular weight is 473 g/mol. The minimum atomic E-state index is -1.59. The lowest BCUT2D eigenvalue weighted by Gasteiger charge is -2.66. The highest BCUT2D eigenvalue weighted by Gasteiger charge is 2.84. The van der Waals surface area contributed by atoms with Crippen molar-refractivity contribution in [1.29, 1.82) is 0 Å². The van der Waals surface area contributed by atoms with Gasteiger partial charge in [-0.1, -0.05) is 32.4 Å². The first-order valence-electron chi connectivity index (χ1n) is 12.2. The lowest BCUT2D eigenvalue weighted by molar-refractivity contribution is -0.212. The molecular formula is C27H36O7. The van der Waals surface area contributed by atoms with E-state index < -0.39 is 51.2 Å². The average Bonchev–Trinajstić information content (AvgIpc) is 3.12. The fourth-order valence-electron chi connectivity index (χ4n) is 9.52. The molecule has 2 saturated carbocycles. The molecule has 0 radical (unpaired) electrons. The highest BCUT2D eigenvalue weighted by molar-refractivity contribution is 6.17. The van der Waals surface area contributed by atoms with Gasteiger partial charge in [0.15, 0.2) is 11.2 Å². The highest BCUT2D eigenvalue weighted by Crippen LogP contribution is 2.79. The number of fused-ring (bicyclic) bond motifs is 3. The smallest absolute Gasteiger partial charge is 0.321 e. The number of methoxy groups -OCH3 is 2. The van der Waals surface area contributed by atoms with Crippen molar-refractivity contribution in [1.82, 2.24) is 0 Å². The van der Waals surface area contributed by atoms with Crippen LogP contribution in [0.5, 0.6) is 0 Å². The van der Waals surface area contributed by atoms with Crippen molar-refractivity contribution in [2.45, 2.75) is 73.0 Å². The normalized spacial score (nSPS) is 48.4. The maximum Gasteiger partial charge on any atom is 0.321 e. The fraction of sp³-hybridized carbons (Fsp3) is 0.741. The van der Waals surface area contributed by atoms with Crippen LogP contribution in [0.2, 0.25) is 0 Å². The van der Waals surface area contributed by atoms with E-state index in [2.05, 4.69) is 6.08 Å². The second-order valence-electron chi connectivity index (χ2n) is 12.1. The summed E-state index contributed by atoms with van der Waals surface area (Å²) >= 11 is 0. The first-order valence-corrected chi connectivity index (χ1v) is 12.2. The molecule has 0 amide bonds. The van der Waals surface area contributed by atoms with E-state index in [1.165, 1.54) is 14.2 Å². The third-order valence-corrected chi connectivity index (χ3v) is 10.9. The highest BCUT2D eigenvalue weighted by atomic mass is 16.6. The van der Waals surface area contributed by atoms with E-state index in [-0.39, 0.29) is 17.7 Å². The van der Waals surface area contributed by atoms with Crippen LogP contribution >= 0.6 is 0 Å². The van der Waals surface area contributed by atoms with Gasteiger partial charge in [0.2, 0.25) is 0 Å². The predicted octanol–water partition coefficient (Wildman–Crippen LogP) is 3.35. The van der Waals surface area contributed by atoms with E-state index in [1.807, 2.05) is 34.6 Å². The molecule has 7 nitrogen and oxygen atoms in total. The van der Waals surface area contributed by atoms with Gasteiger partial charge in [0.25, 0.3) is 0 Å². The summed E-state index contributed by atoms with van der Waals surface area (Å²) in [6.07, 6.45) is 2.29. The van der Waals surface area contributed by atoms with Crippen LogP contribution in [0.15, 0.2) is 23.0 Å². The zero-order chi connectivity index (χ0) is 25.2. The largest absolute Gasteiger partial charge is 0.500 e. The van der Waals surface area contributed by atoms with Crippen LogP contribution in [0.25, 0.3) is 0 Å². The summed E-state index contributed by atoms with van der Waals surface area (Å²) < 4.78 is 17.3. The van der Waals surface area contributed by atoms with E-state index in [0.29, 0.717) is 30.6 Å². The molecule has 34 heavy (non-hydrogen) atoms. The van der Waals surface area contributed by atoms with Crippen LogP contribution in [0, 0.1) is 38.9 Å². The summed E-state index contributed by atoms with van der Waals surface area (Å²) in [6, 6.07) is 0. The fourth-order valence-corrected chi connectivity index (χ4v) is 9.52. The van der Waals surface area contributed by atoms with Crippen LogP contribution in [-0.4, -0.2) is 49.3 Å². The quantitative estimate of drug-likeness (QED) is 0.374. The SMILES string of the molecule is COC(=O)C12C(=O)C(C)=C(OC)C1(C)C(C)=CC1C34CCC(O)C(C)(C)C3C(CC12C)OC4=O. The van der Waals surface area contributed by atoms with Gasteiger partial charge in [-0.3, -0.25) is 14.4 Å². The van der Waals surface area contributed by atoms with Gasteiger partial charge in [0.05, 0.1) is 31.2 Å². The van der Waals surface area contributed by atoms with Gasteiger partial charge in [-0.15, -0.1) is 0 Å². The zero-order valence-corrected chi connectivity index (χ0v) is 21.4. The Morgan fingerprint density at radius 1 is 1.15 bits per heavy atom. The standard InChI is InChI=1S/C27H36O7/c1-13-11-16-24(5,27(22(31)33-8)19(29)14(2)20(32-7)25(13,27)6)12-15-18-23(3,4)17(28)9-10-26(16,18)21(30)34-15/h11,15-18,28H,9-10,12H2,1-8H3. The molecule has 0 aromatic rings. The molecule has 2 bridgehead atoms. The number of esters is 2. The van der Waals surface area contributed by atoms with Gasteiger partial charge in [-0.25, -0.2) is 0 Å². The Hall–Kier alpha value is -2.15. The number of hydrogen-bond donors (Lipinski definition) is 1. The molecule has 0 spiro atoms. The maximum atomic E-state index is 14.3. The third-order valence-electron chi connectivity index (χ3n) is 10.9. The summed E-state index contributed by atoms with van der Waals surface area (Å²) in [5.41, 5.74) is -3.83. The van der Waals surface area contributed by atoms with E-state index in [4.69, 9.17) is 14.2 Å². The summed E-state index contributed by atoms with van der Waals surface area (Å²) in [7, 11) is 2.85. The third kappa shape index (κ3) is 2.02. The molecule has 8 unspecified atom stereocenters. The van der Waals surface area contributed by atoms with Crippen molar-refractivity contribution in [2.24, 2.45) is 38.9 Å². The molecule has 1 aliphatic heterocycles. The van der Waals surface area contributed by atoms with E-state index in [9.17, 15) is 19.5 Å². The Balaban J connectivity index is 1.86. The van der Waals surface area contributed by atoms with Crippen LogP contribution in [0.1, 0.15) is 60.8 Å². The molecule has 0 aromatic carbocycles. The number of ketones is 1. The number of hydrogen-bond acceptors (Lipinski definition) is 7. The van der Waals surface area contributed by atoms with E-state index in [1.54, 1.807) is 6.92 Å². The van der Waals surface area contributed by atoms with Crippen LogP contribution < -0.4 is 0 Å². The van der Waals surface area contributed by atoms with Gasteiger partial charge in [0.1, 0.15) is 11.9 Å². The molecule has 0 aromatic heterocycles. The van der Waals surface area contributed by atoms with Gasteiger partial charge in [0, 0.05) is 22.8 Å². The predicted molar refractivity (Wildman–Crippen MR) is 122 cm³/mol. The number of aliphatic hydroxyl groups excluding tert-OH is 1. The number of Topliss-reactive ketones (excluding diaryl/α,β-unsaturated/α-hetero) is 1. The lowest BCUT2D eigenvalue weighted by Crippen LogP contribution is -2.71. The van der Waals surface area contributed by atoms with Crippen molar-refractivity contribution < 1.29 is 33.7 Å². The van der Waals surface area contributed by atoms with Crippen molar-refractivity contribution >= 4 is 17.7 Å². The molecule has 5 rings (SSSR count). The minimum absolute atomic E-state index is 0.218. The number of allylic oxidation sites excluding steroid dienone is 3. The Kier molecular flexibility index (Phi) is 4.53. The molecule has 1 N–H and O–H groups in total. The first kappa shape index (κ1) is 23.6. The Morgan fingerprint density at radius 3 is 2.38 bits per heavy atom. The number of ether oxygens (including phenoxy) is 3. The number of aliphatic hydroxyl groups is 1. The summed E-state index contributed by atoms with van der Waals surface area (Å²) in [5.74, 6) is -1.33. The van der Waals surface area contributed by atoms with Crippen LogP contribution in [-0.2, 0) is 28.6 Å². The van der Waals surface area contributed by atoms with Crippen LogP contribution in [0.3, 0.4) is 0 Å². The summed E-state index contributed by atoms with van der Waals surface area (Å²) in [4.78, 5) is 41.9. The Labute approximate surface area is 200 Å². The Bertz CT molecular complexity index is 1080. The molecule has 8 atom stereocenters. The maximum absolute atomic E-state index is 14.3. The van der Waals surface area contributed by atoms with Crippen molar-refractivity contribution in [3.8, 4) is 0 Å². The Morgan fingerprint density at radius 2 is 1.79 bits per heavy atom. The number of carbonyl (C=O) groups excluding carboxylic acids is 3. The molecule has 1 heterocycles. The van der Waals surface area contributed by atoms with Gasteiger partial charge < -0.3 is 19.3 Å². The molecule has 5 aliphatic rings. The molecule has 7 heteroatoms. The lowest BCUT2D eigenvalue weighted by atomic mass is 9.33. The van der Waals surface area contributed by atoms with E-state index in [0.717, 1.165) is 5.57 Å². The molecule has 3 fully saturated rings. The molecule has 1 saturated heterocycles. The second-order valence-corrected chi connectivity index (χ2v) is 12.1. The first-order chi connectivity index (χ1) is 15.7. The van der Waals surface area contributed by atoms with Crippen LogP contribution in [0.4, 0.5) is 0 Å². The van der Waals surface area contributed by atoms with E-state index >= 15 is 0 Å². The van der Waals surface area contributed by atoms with Crippen molar-refractivity contribution in [3.05, 3.63) is 23.0 Å². The minimum Gasteiger partial charge on any atom is -0.500 e. The summed E-state index contributed by atoms with van der Waals surface area (Å²) in [5, 5.41) is 10.9. The number of rotatable bonds is 2. The monoisotopic (exact) mass is 472 g/mol. The topological polar surface area (TPSA) is 99.1 Å². The molecule has 4 aliphatic carbocycles. The van der Waals surface area contributed by atoms with Gasteiger partial charge in [-0.05, 0) is 45.4 Å². The van der Waals surface area contributed by atoms with Crippen molar-refractivity contribution in [3.63, 3.8) is 0 Å². The summed E-state index contributed by atoms with van der Waals surface area (Å²) in [6.45, 7) is 11.5. The molecular weight excluding hydrogens is 436 g/mol. The van der Waals surface area contributed by atoms with Gasteiger partial charge >= 0.3 is 11.9 Å². The zero-order valence-electron chi connectivity index (χ0n) is 21.4. The van der Waals surface area contributed by atoms with Crippen molar-refractivity contribution in [2.75, 3.05) is 14.2 Å². The molecule has 186 valence electrons. The number of carbonyl (C=O) groups is 3. The van der Waals surface area contributed by atoms with Gasteiger partial charge in [-0.2, -0.15) is 0 Å².